The molecule has 1 aromatic heterocycles. The summed E-state index contributed by atoms with van der Waals surface area (Å²) in [5.74, 6) is 0. The van der Waals surface area contributed by atoms with Crippen molar-refractivity contribution in [2.24, 2.45) is 0 Å². The summed E-state index contributed by atoms with van der Waals surface area (Å²) in [5.41, 5.74) is 6.02. The zero-order valence-corrected chi connectivity index (χ0v) is 12.8. The molecule has 0 aliphatic rings. The number of unbranched alkanes of at least 4 members (excludes halogenated alkanes) is 3. The summed E-state index contributed by atoms with van der Waals surface area (Å²) in [6.07, 6.45) is 4.02. The lowest BCUT2D eigenvalue weighted by molar-refractivity contribution is 0.252. The maximum Gasteiger partial charge on any atom is 0.252 e. The number of thiophene rings is 1. The fourth-order valence-corrected chi connectivity index (χ4v) is 4.47. The second-order valence-electron chi connectivity index (χ2n) is 4.39. The third kappa shape index (κ3) is 4.76. The summed E-state index contributed by atoms with van der Waals surface area (Å²) in [6.45, 7) is 2.51. The summed E-state index contributed by atoms with van der Waals surface area (Å²) in [5, 5.41) is 10.6. The van der Waals surface area contributed by atoms with E-state index in [1.54, 1.807) is 5.38 Å². The Kier molecular flexibility index (Phi) is 6.78. The van der Waals surface area contributed by atoms with Crippen molar-refractivity contribution in [3.63, 3.8) is 0 Å². The van der Waals surface area contributed by atoms with E-state index in [1.165, 1.54) is 10.4 Å². The van der Waals surface area contributed by atoms with E-state index in [0.717, 1.165) is 37.0 Å². The molecule has 3 N–H and O–H groups in total. The number of sulfonamides is 1. The standard InChI is InChI=1S/C12H22N2O3S2/c1-2-3-4-5-6-14(7-8-15)19(16,17)12-9-11(13)10-18-12/h9-10,15H,2-8,13H2,1H3. The maximum absolute atomic E-state index is 12.4. The van der Waals surface area contributed by atoms with Gasteiger partial charge in [0, 0.05) is 24.2 Å². The fourth-order valence-electron chi connectivity index (χ4n) is 1.77. The van der Waals surface area contributed by atoms with Crippen LogP contribution in [0.1, 0.15) is 32.6 Å². The van der Waals surface area contributed by atoms with E-state index in [1.807, 2.05) is 0 Å². The van der Waals surface area contributed by atoms with Crippen molar-refractivity contribution >= 4 is 27.0 Å². The molecular weight excluding hydrogens is 284 g/mol. The van der Waals surface area contributed by atoms with Gasteiger partial charge in [0.1, 0.15) is 4.21 Å². The number of nitrogen functional groups attached to an aromatic ring is 1. The molecule has 0 amide bonds. The highest BCUT2D eigenvalue weighted by atomic mass is 32.2. The average Bonchev–Trinajstić information content (AvgIpc) is 2.80. The lowest BCUT2D eigenvalue weighted by Gasteiger charge is -2.20. The van der Waals surface area contributed by atoms with Crippen LogP contribution < -0.4 is 5.73 Å². The van der Waals surface area contributed by atoms with Gasteiger partial charge in [-0.3, -0.25) is 0 Å². The Hall–Kier alpha value is -0.630. The lowest BCUT2D eigenvalue weighted by atomic mass is 10.2. The number of nitrogens with zero attached hydrogens (tertiary/aromatic N) is 1. The molecule has 0 aromatic carbocycles. The largest absolute Gasteiger partial charge is 0.398 e. The van der Waals surface area contributed by atoms with Crippen LogP contribution >= 0.6 is 11.3 Å². The summed E-state index contributed by atoms with van der Waals surface area (Å²) in [7, 11) is -3.52. The first-order chi connectivity index (χ1) is 9.02. The molecule has 0 aliphatic heterocycles. The molecule has 0 saturated carbocycles. The van der Waals surface area contributed by atoms with E-state index in [9.17, 15) is 8.42 Å². The van der Waals surface area contributed by atoms with Crippen LogP contribution in [0.25, 0.3) is 0 Å². The van der Waals surface area contributed by atoms with Gasteiger partial charge in [0.2, 0.25) is 0 Å². The molecule has 0 saturated heterocycles. The van der Waals surface area contributed by atoms with Crippen molar-refractivity contribution < 1.29 is 13.5 Å². The van der Waals surface area contributed by atoms with Gasteiger partial charge in [0.25, 0.3) is 10.0 Å². The highest BCUT2D eigenvalue weighted by Gasteiger charge is 2.25. The Morgan fingerprint density at radius 2 is 2.05 bits per heavy atom. The maximum atomic E-state index is 12.4. The topological polar surface area (TPSA) is 83.6 Å². The molecule has 0 atom stereocenters. The zero-order valence-electron chi connectivity index (χ0n) is 11.2. The van der Waals surface area contributed by atoms with Crippen LogP contribution in [0.3, 0.4) is 0 Å². The van der Waals surface area contributed by atoms with Crippen molar-refractivity contribution in [3.8, 4) is 0 Å². The fraction of sp³-hybridized carbons (Fsp3) is 0.667. The summed E-state index contributed by atoms with van der Waals surface area (Å²) < 4.78 is 26.3. The van der Waals surface area contributed by atoms with Gasteiger partial charge in [-0.2, -0.15) is 4.31 Å². The van der Waals surface area contributed by atoms with Gasteiger partial charge in [-0.05, 0) is 12.5 Å². The molecule has 1 heterocycles. The molecule has 110 valence electrons. The smallest absolute Gasteiger partial charge is 0.252 e. The van der Waals surface area contributed by atoms with Crippen LogP contribution in [0, 0.1) is 0 Å². The van der Waals surface area contributed by atoms with E-state index in [4.69, 9.17) is 10.8 Å². The quantitative estimate of drug-likeness (QED) is 0.682. The highest BCUT2D eigenvalue weighted by molar-refractivity contribution is 7.91. The molecule has 1 aromatic rings. The Morgan fingerprint density at radius 1 is 1.32 bits per heavy atom. The van der Waals surface area contributed by atoms with Gasteiger partial charge >= 0.3 is 0 Å². The number of rotatable bonds is 9. The van der Waals surface area contributed by atoms with Crippen molar-refractivity contribution in [2.45, 2.75) is 36.8 Å². The van der Waals surface area contributed by atoms with Crippen LogP contribution in [-0.4, -0.2) is 37.5 Å². The second kappa shape index (κ2) is 7.84. The molecular formula is C12H22N2O3S2. The summed E-state index contributed by atoms with van der Waals surface area (Å²) in [6, 6.07) is 1.47. The Bertz CT molecular complexity index is 471. The molecule has 1 rings (SSSR count). The van der Waals surface area contributed by atoms with Crippen LogP contribution in [0.2, 0.25) is 0 Å². The van der Waals surface area contributed by atoms with Gasteiger partial charge in [0.05, 0.1) is 6.61 Å². The number of hydrogen-bond acceptors (Lipinski definition) is 5. The first-order valence-corrected chi connectivity index (χ1v) is 8.79. The van der Waals surface area contributed by atoms with Crippen LogP contribution in [0.15, 0.2) is 15.7 Å². The van der Waals surface area contributed by atoms with Crippen LogP contribution in [-0.2, 0) is 10.0 Å². The molecule has 19 heavy (non-hydrogen) atoms. The normalized spacial score (nSPS) is 12.2. The van der Waals surface area contributed by atoms with E-state index < -0.39 is 10.0 Å². The molecule has 0 bridgehead atoms. The van der Waals surface area contributed by atoms with E-state index in [0.29, 0.717) is 12.2 Å². The van der Waals surface area contributed by atoms with Gasteiger partial charge < -0.3 is 10.8 Å². The van der Waals surface area contributed by atoms with E-state index >= 15 is 0 Å². The van der Waals surface area contributed by atoms with Gasteiger partial charge in [0.15, 0.2) is 0 Å². The number of aliphatic hydroxyl groups is 1. The third-order valence-electron chi connectivity index (χ3n) is 2.80. The van der Waals surface area contributed by atoms with Gasteiger partial charge in [-0.25, -0.2) is 8.42 Å². The zero-order chi connectivity index (χ0) is 14.3. The second-order valence-corrected chi connectivity index (χ2v) is 7.46. The minimum atomic E-state index is -3.52. The van der Waals surface area contributed by atoms with Crippen molar-refractivity contribution in [1.29, 1.82) is 0 Å². The highest BCUT2D eigenvalue weighted by Crippen LogP contribution is 2.25. The molecule has 0 spiro atoms. The molecule has 0 radical (unpaired) electrons. The third-order valence-corrected chi connectivity index (χ3v) is 6.13. The predicted molar refractivity (Wildman–Crippen MR) is 78.7 cm³/mol. The first kappa shape index (κ1) is 16.4. The lowest BCUT2D eigenvalue weighted by Crippen LogP contribution is -2.34. The molecule has 0 aliphatic carbocycles. The number of anilines is 1. The van der Waals surface area contributed by atoms with Crippen molar-refractivity contribution in [3.05, 3.63) is 11.4 Å². The Labute approximate surface area is 119 Å². The summed E-state index contributed by atoms with van der Waals surface area (Å²) in [4.78, 5) is 0. The Morgan fingerprint density at radius 3 is 2.58 bits per heavy atom. The minimum Gasteiger partial charge on any atom is -0.398 e. The summed E-state index contributed by atoms with van der Waals surface area (Å²) >= 11 is 1.12. The average molecular weight is 306 g/mol. The molecule has 5 nitrogen and oxygen atoms in total. The molecule has 0 fully saturated rings. The Balaban J connectivity index is 2.73. The van der Waals surface area contributed by atoms with Crippen LogP contribution in [0.4, 0.5) is 5.69 Å². The predicted octanol–water partition coefficient (Wildman–Crippen LogP) is 1.89. The molecule has 7 heteroatoms. The van der Waals surface area contributed by atoms with Crippen molar-refractivity contribution in [2.75, 3.05) is 25.4 Å². The SMILES string of the molecule is CCCCCCN(CCO)S(=O)(=O)c1cc(N)cs1. The van der Waals surface area contributed by atoms with Gasteiger partial charge in [-0.1, -0.05) is 26.2 Å². The number of nitrogens with two attached hydrogens (primary N) is 1. The number of aliphatic hydroxyl groups excluding tert-OH is 1. The molecule has 0 unspecified atom stereocenters. The van der Waals surface area contributed by atoms with E-state index in [2.05, 4.69) is 6.92 Å². The first-order valence-electron chi connectivity index (χ1n) is 6.47. The van der Waals surface area contributed by atoms with Gasteiger partial charge in [-0.15, -0.1) is 11.3 Å². The monoisotopic (exact) mass is 306 g/mol. The number of hydrogen-bond donors (Lipinski definition) is 2. The van der Waals surface area contributed by atoms with E-state index in [-0.39, 0.29) is 17.4 Å². The van der Waals surface area contributed by atoms with Crippen LogP contribution in [0.5, 0.6) is 0 Å². The minimum absolute atomic E-state index is 0.131. The van der Waals surface area contributed by atoms with Crippen molar-refractivity contribution in [1.82, 2.24) is 4.31 Å².